The van der Waals surface area contributed by atoms with Crippen molar-refractivity contribution in [2.75, 3.05) is 45.2 Å². The van der Waals surface area contributed by atoms with Gasteiger partial charge in [-0.05, 0) is 66.1 Å². The second-order valence-corrected chi connectivity index (χ2v) is 10.2. The van der Waals surface area contributed by atoms with Crippen LogP contribution < -0.4 is 4.90 Å². The number of anilines is 1. The molecule has 0 spiro atoms. The van der Waals surface area contributed by atoms with E-state index < -0.39 is 0 Å². The number of H-pyrrole nitrogens is 1. The molecule has 7 heteroatoms. The molecular weight excluding hydrogens is 488 g/mol. The number of aromatic amines is 1. The number of nitrogens with zero attached hydrogens (tertiary/aromatic N) is 3. The van der Waals surface area contributed by atoms with Crippen LogP contribution >= 0.6 is 0 Å². The Morgan fingerprint density at radius 3 is 2.44 bits per heavy atom. The Kier molecular flexibility index (Phi) is 7.61. The zero-order chi connectivity index (χ0) is 27.5. The Morgan fingerprint density at radius 1 is 1.03 bits per heavy atom. The van der Waals surface area contributed by atoms with E-state index in [1.807, 2.05) is 19.1 Å². The van der Waals surface area contributed by atoms with Gasteiger partial charge in [0.05, 0.1) is 19.2 Å². The molecule has 1 aliphatic heterocycles. The first-order valence-corrected chi connectivity index (χ1v) is 13.2. The van der Waals surface area contributed by atoms with E-state index in [4.69, 9.17) is 4.74 Å². The minimum Gasteiger partial charge on any atom is -0.469 e. The Morgan fingerprint density at radius 2 is 1.74 bits per heavy atom. The number of nitrogens with one attached hydrogen (secondary N) is 1. The fourth-order valence-electron chi connectivity index (χ4n) is 5.15. The molecule has 7 nitrogen and oxygen atoms in total. The lowest BCUT2D eigenvalue weighted by Crippen LogP contribution is -2.44. The number of hydrogen-bond donors (Lipinski definition) is 1. The topological polar surface area (TPSA) is 78.5 Å². The fourth-order valence-corrected chi connectivity index (χ4v) is 5.15. The second-order valence-electron chi connectivity index (χ2n) is 10.2. The predicted molar refractivity (Wildman–Crippen MR) is 156 cm³/mol. The molecule has 4 aromatic rings. The van der Waals surface area contributed by atoms with Crippen LogP contribution in [0.2, 0.25) is 0 Å². The van der Waals surface area contributed by atoms with Crippen molar-refractivity contribution in [2.24, 2.45) is 0 Å². The van der Waals surface area contributed by atoms with E-state index in [0.717, 1.165) is 76.3 Å². The van der Waals surface area contributed by atoms with Gasteiger partial charge in [-0.1, -0.05) is 36.9 Å². The number of methoxy groups -OCH3 is 1. The summed E-state index contributed by atoms with van der Waals surface area (Å²) in [5.74, 6) is -0.329. The summed E-state index contributed by atoms with van der Waals surface area (Å²) in [4.78, 5) is 37.1. The number of likely N-dealkylation sites (N-methyl/N-ethyl adjacent to an activating group) is 1. The highest BCUT2D eigenvalue weighted by Gasteiger charge is 2.20. The van der Waals surface area contributed by atoms with Crippen LogP contribution in [-0.4, -0.2) is 67.0 Å². The van der Waals surface area contributed by atoms with Crippen LogP contribution in [0.3, 0.4) is 0 Å². The smallest absolute Gasteiger partial charge is 0.310 e. The zero-order valence-corrected chi connectivity index (χ0v) is 22.8. The molecule has 1 saturated heterocycles. The van der Waals surface area contributed by atoms with Gasteiger partial charge in [0, 0.05) is 55.4 Å². The number of esters is 1. The highest BCUT2D eigenvalue weighted by atomic mass is 16.5. The third-order valence-electron chi connectivity index (χ3n) is 7.54. The zero-order valence-electron chi connectivity index (χ0n) is 22.8. The van der Waals surface area contributed by atoms with E-state index in [2.05, 4.69) is 69.8 Å². The number of ketones is 1. The molecule has 2 aromatic heterocycles. The van der Waals surface area contributed by atoms with Crippen LogP contribution in [0.4, 0.5) is 5.69 Å². The quantitative estimate of drug-likeness (QED) is 0.260. The molecule has 0 radical (unpaired) electrons. The number of allylic oxidation sites excluding steroid dienone is 1. The Hall–Kier alpha value is -4.23. The van der Waals surface area contributed by atoms with Crippen molar-refractivity contribution in [3.8, 4) is 22.4 Å². The number of pyridine rings is 1. The number of carbonyl (C=O) groups excluding carboxylic acids is 2. The molecule has 0 unspecified atom stereocenters. The van der Waals surface area contributed by atoms with Crippen molar-refractivity contribution in [1.29, 1.82) is 0 Å². The van der Waals surface area contributed by atoms with E-state index in [0.29, 0.717) is 6.42 Å². The minimum atomic E-state index is -0.312. The van der Waals surface area contributed by atoms with Gasteiger partial charge < -0.3 is 19.5 Å². The number of aryl methyl sites for hydroxylation is 1. The van der Waals surface area contributed by atoms with Crippen molar-refractivity contribution >= 4 is 28.5 Å². The van der Waals surface area contributed by atoms with Crippen LogP contribution in [0.25, 0.3) is 33.4 Å². The monoisotopic (exact) mass is 522 g/mol. The molecule has 1 aliphatic rings. The van der Waals surface area contributed by atoms with E-state index in [1.165, 1.54) is 18.9 Å². The van der Waals surface area contributed by atoms with Crippen molar-refractivity contribution in [2.45, 2.75) is 19.8 Å². The number of ether oxygens (including phenoxy) is 1. The van der Waals surface area contributed by atoms with Gasteiger partial charge in [-0.3, -0.25) is 9.59 Å². The lowest BCUT2D eigenvalue weighted by molar-refractivity contribution is -0.139. The Bertz CT molecular complexity index is 1530. The van der Waals surface area contributed by atoms with Gasteiger partial charge in [0.25, 0.3) is 0 Å². The molecule has 0 aliphatic carbocycles. The second kappa shape index (κ2) is 11.3. The first kappa shape index (κ1) is 26.4. The maximum Gasteiger partial charge on any atom is 0.310 e. The average Bonchev–Trinajstić information content (AvgIpc) is 3.33. The Balaban J connectivity index is 1.61. The molecule has 2 aromatic carbocycles. The molecule has 200 valence electrons. The lowest BCUT2D eigenvalue weighted by atomic mass is 9.93. The average molecular weight is 523 g/mol. The molecular formula is C32H34N4O3. The van der Waals surface area contributed by atoms with E-state index in [9.17, 15) is 9.59 Å². The van der Waals surface area contributed by atoms with Gasteiger partial charge >= 0.3 is 5.97 Å². The third-order valence-corrected chi connectivity index (χ3v) is 7.54. The number of benzene rings is 2. The summed E-state index contributed by atoms with van der Waals surface area (Å²) in [7, 11) is 3.55. The van der Waals surface area contributed by atoms with Gasteiger partial charge in [0.1, 0.15) is 5.65 Å². The van der Waals surface area contributed by atoms with Crippen LogP contribution in [0.15, 0.2) is 67.4 Å². The molecule has 0 amide bonds. The van der Waals surface area contributed by atoms with E-state index in [-0.39, 0.29) is 18.2 Å². The number of piperazine rings is 1. The van der Waals surface area contributed by atoms with Crippen LogP contribution in [0.1, 0.15) is 16.7 Å². The normalized spacial score (nSPS) is 14.0. The molecule has 1 fully saturated rings. The number of rotatable bonds is 8. The van der Waals surface area contributed by atoms with E-state index >= 15 is 0 Å². The molecule has 39 heavy (non-hydrogen) atoms. The molecule has 0 atom stereocenters. The largest absolute Gasteiger partial charge is 0.469 e. The number of carbonyl (C=O) groups is 2. The molecule has 0 bridgehead atoms. The highest BCUT2D eigenvalue weighted by Crippen LogP contribution is 2.39. The minimum absolute atomic E-state index is 0.0177. The molecule has 0 saturated carbocycles. The molecule has 5 rings (SSSR count). The molecule has 1 N–H and O–H groups in total. The van der Waals surface area contributed by atoms with Crippen molar-refractivity contribution < 1.29 is 14.3 Å². The van der Waals surface area contributed by atoms with Crippen molar-refractivity contribution in [3.63, 3.8) is 0 Å². The van der Waals surface area contributed by atoms with Gasteiger partial charge in [0.15, 0.2) is 5.78 Å². The highest BCUT2D eigenvalue weighted by molar-refractivity contribution is 6.03. The summed E-state index contributed by atoms with van der Waals surface area (Å²) in [6.45, 7) is 9.77. The molecule has 3 heterocycles. The van der Waals surface area contributed by atoms with Gasteiger partial charge in [-0.25, -0.2) is 4.98 Å². The van der Waals surface area contributed by atoms with E-state index in [1.54, 1.807) is 6.20 Å². The standard InChI is InChI=1S/C32H34N4O3/c1-5-27(37)19-25-18-24(7-6-21(25)2)30-28-16-22(17-29(38)39-4)20-33-32(28)34-31(30)23-8-10-26(11-9-23)36-14-12-35(3)13-15-36/h5-11,16,18,20H,1,12-15,17,19H2,2-4H3,(H,33,34). The van der Waals surface area contributed by atoms with Gasteiger partial charge in [-0.15, -0.1) is 0 Å². The number of hydrogen-bond acceptors (Lipinski definition) is 6. The van der Waals surface area contributed by atoms with Crippen LogP contribution in [-0.2, 0) is 27.2 Å². The first-order chi connectivity index (χ1) is 18.9. The summed E-state index contributed by atoms with van der Waals surface area (Å²) < 4.78 is 4.88. The predicted octanol–water partition coefficient (Wildman–Crippen LogP) is 4.97. The van der Waals surface area contributed by atoms with Crippen LogP contribution in [0.5, 0.6) is 0 Å². The summed E-state index contributed by atoms with van der Waals surface area (Å²) in [5, 5.41) is 0.916. The summed E-state index contributed by atoms with van der Waals surface area (Å²) in [6, 6.07) is 16.8. The lowest BCUT2D eigenvalue weighted by Gasteiger charge is -2.34. The fraction of sp³-hybridized carbons (Fsp3) is 0.281. The SMILES string of the molecule is C=CC(=O)Cc1cc(-c2c(-c3ccc(N4CCN(C)CC4)cc3)[nH]c3ncc(CC(=O)OC)cc23)ccc1C. The number of fused-ring (bicyclic) bond motifs is 1. The third kappa shape index (κ3) is 5.64. The summed E-state index contributed by atoms with van der Waals surface area (Å²) in [5.41, 5.74) is 8.70. The number of aromatic nitrogens is 2. The maximum atomic E-state index is 12.2. The van der Waals surface area contributed by atoms with Gasteiger partial charge in [0.2, 0.25) is 0 Å². The van der Waals surface area contributed by atoms with Gasteiger partial charge in [-0.2, -0.15) is 0 Å². The summed E-state index contributed by atoms with van der Waals surface area (Å²) in [6.07, 6.45) is 3.52. The first-order valence-electron chi connectivity index (χ1n) is 13.2. The Labute approximate surface area is 229 Å². The van der Waals surface area contributed by atoms with Crippen molar-refractivity contribution in [1.82, 2.24) is 14.9 Å². The summed E-state index contributed by atoms with van der Waals surface area (Å²) >= 11 is 0. The maximum absolute atomic E-state index is 12.2. The van der Waals surface area contributed by atoms with Crippen molar-refractivity contribution in [3.05, 3.63) is 84.1 Å². The van der Waals surface area contributed by atoms with Crippen LogP contribution in [0, 0.1) is 6.92 Å².